The highest BCUT2D eigenvalue weighted by Crippen LogP contribution is 2.37. The van der Waals surface area contributed by atoms with Crippen LogP contribution >= 0.6 is 11.3 Å². The molecule has 112 valence electrons. The summed E-state index contributed by atoms with van der Waals surface area (Å²) >= 11 is 1.48. The van der Waals surface area contributed by atoms with Crippen LogP contribution in [-0.4, -0.2) is 28.0 Å². The molecule has 0 unspecified atom stereocenters. The predicted molar refractivity (Wildman–Crippen MR) is 87.0 cm³/mol. The molecule has 0 fully saturated rings. The maximum Gasteiger partial charge on any atom is 0.270 e. The van der Waals surface area contributed by atoms with Gasteiger partial charge >= 0.3 is 0 Å². The lowest BCUT2D eigenvalue weighted by atomic mass is 10.1. The van der Waals surface area contributed by atoms with Crippen molar-refractivity contribution in [1.82, 2.24) is 9.97 Å². The summed E-state index contributed by atoms with van der Waals surface area (Å²) in [6.45, 7) is 1.08. The van der Waals surface area contributed by atoms with Gasteiger partial charge in [-0.1, -0.05) is 12.1 Å². The molecular formula is C14H13N5O2S. The summed E-state index contributed by atoms with van der Waals surface area (Å²) in [6, 6.07) is 6.55. The Morgan fingerprint density at radius 2 is 2.23 bits per heavy atom. The van der Waals surface area contributed by atoms with Crippen molar-refractivity contribution in [1.29, 1.82) is 0 Å². The minimum atomic E-state index is -0.401. The van der Waals surface area contributed by atoms with E-state index in [1.165, 1.54) is 23.7 Å². The maximum atomic E-state index is 11.0. The van der Waals surface area contributed by atoms with Crippen LogP contribution in [-0.2, 0) is 0 Å². The molecule has 3 N–H and O–H groups in total. The molecule has 0 saturated carbocycles. The fraction of sp³-hybridized carbons (Fsp3) is 0.143. The Balaban J connectivity index is 2.14. The fourth-order valence-electron chi connectivity index (χ4n) is 2.20. The Morgan fingerprint density at radius 3 is 3.00 bits per heavy atom. The topological polar surface area (TPSA) is 107 Å². The molecule has 0 radical (unpaired) electrons. The van der Waals surface area contributed by atoms with Crippen molar-refractivity contribution in [3.63, 3.8) is 0 Å². The second kappa shape index (κ2) is 6.04. The van der Waals surface area contributed by atoms with Crippen molar-refractivity contribution in [3.8, 4) is 11.1 Å². The summed E-state index contributed by atoms with van der Waals surface area (Å²) < 4.78 is 0. The maximum absolute atomic E-state index is 11.0. The molecule has 22 heavy (non-hydrogen) atoms. The molecule has 7 nitrogen and oxygen atoms in total. The van der Waals surface area contributed by atoms with Crippen molar-refractivity contribution in [3.05, 3.63) is 46.1 Å². The standard InChI is InChI=1S/C14H13N5O2S/c15-4-5-16-13-12-11(7-22-14(12)18-8-17-13)9-2-1-3-10(6-9)19(20)21/h1-3,6-8H,4-5,15H2,(H,16,17,18). The Bertz CT molecular complexity index is 833. The van der Waals surface area contributed by atoms with Crippen LogP contribution in [0, 0.1) is 10.1 Å². The third-order valence-electron chi connectivity index (χ3n) is 3.17. The number of anilines is 1. The molecule has 0 bridgehead atoms. The van der Waals surface area contributed by atoms with E-state index in [1.54, 1.807) is 12.1 Å². The smallest absolute Gasteiger partial charge is 0.270 e. The monoisotopic (exact) mass is 315 g/mol. The van der Waals surface area contributed by atoms with Crippen molar-refractivity contribution < 1.29 is 4.92 Å². The van der Waals surface area contributed by atoms with Gasteiger partial charge in [0.15, 0.2) is 0 Å². The first-order valence-electron chi connectivity index (χ1n) is 6.61. The highest BCUT2D eigenvalue weighted by atomic mass is 32.1. The molecule has 0 atom stereocenters. The molecule has 1 aromatic carbocycles. The molecule has 2 heterocycles. The van der Waals surface area contributed by atoms with Crippen molar-refractivity contribution in [2.24, 2.45) is 5.73 Å². The first-order chi connectivity index (χ1) is 10.7. The van der Waals surface area contributed by atoms with Gasteiger partial charge in [0.25, 0.3) is 5.69 Å². The lowest BCUT2D eigenvalue weighted by Crippen LogP contribution is -2.14. The van der Waals surface area contributed by atoms with Gasteiger partial charge in [-0.15, -0.1) is 11.3 Å². The van der Waals surface area contributed by atoms with E-state index < -0.39 is 4.92 Å². The van der Waals surface area contributed by atoms with Gasteiger partial charge in [-0.2, -0.15) is 0 Å². The van der Waals surface area contributed by atoms with Gasteiger partial charge in [0, 0.05) is 36.2 Å². The van der Waals surface area contributed by atoms with E-state index in [-0.39, 0.29) is 5.69 Å². The number of rotatable bonds is 5. The van der Waals surface area contributed by atoms with Gasteiger partial charge in [0.1, 0.15) is 17.0 Å². The van der Waals surface area contributed by atoms with E-state index in [0.29, 0.717) is 18.9 Å². The number of nitro benzene ring substituents is 1. The van der Waals surface area contributed by atoms with Crippen LogP contribution in [0.1, 0.15) is 0 Å². The number of nitrogens with two attached hydrogens (primary N) is 1. The number of aromatic nitrogens is 2. The van der Waals surface area contributed by atoms with E-state index in [2.05, 4.69) is 15.3 Å². The summed E-state index contributed by atoms with van der Waals surface area (Å²) in [5.74, 6) is 0.693. The van der Waals surface area contributed by atoms with Crippen molar-refractivity contribution in [2.45, 2.75) is 0 Å². The number of nitrogens with zero attached hydrogens (tertiary/aromatic N) is 3. The number of nitrogens with one attached hydrogen (secondary N) is 1. The molecule has 0 saturated heterocycles. The molecule has 8 heteroatoms. The number of benzene rings is 1. The largest absolute Gasteiger partial charge is 0.368 e. The van der Waals surface area contributed by atoms with Crippen LogP contribution in [0.3, 0.4) is 0 Å². The quantitative estimate of drug-likeness (QED) is 0.553. The van der Waals surface area contributed by atoms with Crippen molar-refractivity contribution >= 4 is 33.1 Å². The normalized spacial score (nSPS) is 10.8. The van der Waals surface area contributed by atoms with Gasteiger partial charge in [-0.25, -0.2) is 9.97 Å². The highest BCUT2D eigenvalue weighted by Gasteiger charge is 2.15. The minimum absolute atomic E-state index is 0.0603. The van der Waals surface area contributed by atoms with Crippen LogP contribution in [0.4, 0.5) is 11.5 Å². The number of nitro groups is 1. The molecule has 0 amide bonds. The Kier molecular flexibility index (Phi) is 3.94. The average molecular weight is 315 g/mol. The van der Waals surface area contributed by atoms with Crippen LogP contribution in [0.2, 0.25) is 0 Å². The molecule has 3 aromatic rings. The Morgan fingerprint density at radius 1 is 1.36 bits per heavy atom. The lowest BCUT2D eigenvalue weighted by Gasteiger charge is -2.07. The van der Waals surface area contributed by atoms with Crippen molar-refractivity contribution in [2.75, 3.05) is 18.4 Å². The molecule has 3 rings (SSSR count). The second-order valence-corrected chi connectivity index (χ2v) is 5.43. The zero-order valence-corrected chi connectivity index (χ0v) is 12.3. The zero-order valence-electron chi connectivity index (χ0n) is 11.5. The molecule has 0 aliphatic carbocycles. The average Bonchev–Trinajstić information content (AvgIpc) is 2.97. The SMILES string of the molecule is NCCNc1ncnc2scc(-c3cccc([N+](=O)[O-])c3)c12. The summed E-state index contributed by atoms with van der Waals surface area (Å²) in [7, 11) is 0. The molecule has 0 aliphatic heterocycles. The van der Waals surface area contributed by atoms with Gasteiger partial charge in [-0.05, 0) is 5.56 Å². The van der Waals surface area contributed by atoms with E-state index in [1.807, 2.05) is 11.4 Å². The van der Waals surface area contributed by atoms with E-state index >= 15 is 0 Å². The lowest BCUT2D eigenvalue weighted by molar-refractivity contribution is -0.384. The predicted octanol–water partition coefficient (Wildman–Crippen LogP) is 2.64. The van der Waals surface area contributed by atoms with E-state index in [4.69, 9.17) is 5.73 Å². The number of thiophene rings is 1. The second-order valence-electron chi connectivity index (χ2n) is 4.57. The van der Waals surface area contributed by atoms with Crippen LogP contribution in [0.5, 0.6) is 0 Å². The number of hydrogen-bond donors (Lipinski definition) is 2. The third kappa shape index (κ3) is 2.61. The first kappa shape index (κ1) is 14.4. The Labute approximate surface area is 130 Å². The summed E-state index contributed by atoms with van der Waals surface area (Å²) in [5, 5.41) is 16.9. The number of hydrogen-bond acceptors (Lipinski definition) is 7. The minimum Gasteiger partial charge on any atom is -0.368 e. The van der Waals surface area contributed by atoms with Gasteiger partial charge < -0.3 is 11.1 Å². The van der Waals surface area contributed by atoms with Gasteiger partial charge in [0.2, 0.25) is 0 Å². The van der Waals surface area contributed by atoms with E-state index in [9.17, 15) is 10.1 Å². The van der Waals surface area contributed by atoms with Crippen LogP contribution in [0.15, 0.2) is 36.0 Å². The molecule has 0 aliphatic rings. The zero-order chi connectivity index (χ0) is 15.5. The third-order valence-corrected chi connectivity index (χ3v) is 4.06. The van der Waals surface area contributed by atoms with Crippen LogP contribution in [0.25, 0.3) is 21.3 Å². The van der Waals surface area contributed by atoms with E-state index in [0.717, 1.165) is 21.3 Å². The highest BCUT2D eigenvalue weighted by molar-refractivity contribution is 7.17. The van der Waals surface area contributed by atoms with Gasteiger partial charge in [0.05, 0.1) is 10.3 Å². The summed E-state index contributed by atoms with van der Waals surface area (Å²) in [6.07, 6.45) is 1.49. The molecule has 0 spiro atoms. The summed E-state index contributed by atoms with van der Waals surface area (Å²) in [5.41, 5.74) is 7.23. The Hall–Kier alpha value is -2.58. The van der Waals surface area contributed by atoms with Crippen LogP contribution < -0.4 is 11.1 Å². The molecular weight excluding hydrogens is 302 g/mol. The number of non-ortho nitro benzene ring substituents is 1. The number of fused-ring (bicyclic) bond motifs is 1. The summed E-state index contributed by atoms with van der Waals surface area (Å²) in [4.78, 5) is 19.9. The van der Waals surface area contributed by atoms with Gasteiger partial charge in [-0.3, -0.25) is 10.1 Å². The molecule has 2 aromatic heterocycles. The first-order valence-corrected chi connectivity index (χ1v) is 7.49. The fourth-order valence-corrected chi connectivity index (χ4v) is 3.12.